The van der Waals surface area contributed by atoms with Gasteiger partial charge in [-0.15, -0.1) is 0 Å². The van der Waals surface area contributed by atoms with Crippen LogP contribution in [0.1, 0.15) is 5.56 Å². The summed E-state index contributed by atoms with van der Waals surface area (Å²) in [5.74, 6) is 0.689. The largest absolute Gasteiger partial charge is 0.494 e. The minimum absolute atomic E-state index is 0.263. The number of methoxy groups -OCH3 is 1. The molecule has 4 nitrogen and oxygen atoms in total. The summed E-state index contributed by atoms with van der Waals surface area (Å²) in [5, 5.41) is 0. The smallest absolute Gasteiger partial charge is 0.419 e. The van der Waals surface area contributed by atoms with E-state index in [9.17, 15) is 4.79 Å². The Balaban J connectivity index is 1.77. The van der Waals surface area contributed by atoms with Gasteiger partial charge in [-0.05, 0) is 17.7 Å². The van der Waals surface area contributed by atoms with Crippen molar-refractivity contribution in [3.05, 3.63) is 54.1 Å². The molecule has 19 heavy (non-hydrogen) atoms. The number of carbonyl (C=O) groups is 1. The van der Waals surface area contributed by atoms with Gasteiger partial charge in [0.2, 0.25) is 0 Å². The van der Waals surface area contributed by atoms with Crippen molar-refractivity contribution >= 4 is 17.1 Å². The number of aromatic nitrogens is 1. The second-order valence-electron chi connectivity index (χ2n) is 4.23. The molecule has 0 aliphatic heterocycles. The Kier molecular flexibility index (Phi) is 2.83. The van der Waals surface area contributed by atoms with Gasteiger partial charge in [-0.2, -0.15) is 0 Å². The summed E-state index contributed by atoms with van der Waals surface area (Å²) in [6.07, 6.45) is -0.387. The highest BCUT2D eigenvalue weighted by Crippen LogP contribution is 2.29. The number of carbonyl (C=O) groups excluding carboxylic acids is 1. The predicted octanol–water partition coefficient (Wildman–Crippen LogP) is 3.27. The summed E-state index contributed by atoms with van der Waals surface area (Å²) >= 11 is 0. The average Bonchev–Trinajstić information content (AvgIpc) is 3.03. The Labute approximate surface area is 110 Å². The lowest BCUT2D eigenvalue weighted by Crippen LogP contribution is -2.11. The average molecular weight is 255 g/mol. The van der Waals surface area contributed by atoms with Crippen molar-refractivity contribution in [2.45, 2.75) is 6.61 Å². The molecule has 0 spiro atoms. The molecule has 0 atom stereocenters. The maximum Gasteiger partial charge on any atom is 0.419 e. The number of ether oxygens (including phenoxy) is 2. The zero-order valence-electron chi connectivity index (χ0n) is 10.5. The molecule has 2 aromatic heterocycles. The van der Waals surface area contributed by atoms with E-state index in [0.717, 1.165) is 16.6 Å². The fraction of sp³-hybridized carbons (Fsp3) is 0.133. The van der Waals surface area contributed by atoms with Gasteiger partial charge in [-0.1, -0.05) is 30.3 Å². The summed E-state index contributed by atoms with van der Waals surface area (Å²) in [6, 6.07) is 15.1. The topological polar surface area (TPSA) is 40.5 Å². The lowest BCUT2D eigenvalue weighted by Gasteiger charge is -2.06. The van der Waals surface area contributed by atoms with Crippen molar-refractivity contribution in [1.82, 2.24) is 4.57 Å². The molecule has 0 aliphatic carbocycles. The van der Waals surface area contributed by atoms with Gasteiger partial charge >= 0.3 is 6.09 Å². The van der Waals surface area contributed by atoms with E-state index in [0.29, 0.717) is 5.75 Å². The summed E-state index contributed by atoms with van der Waals surface area (Å²) in [6.45, 7) is 0.263. The number of hydrogen-bond donors (Lipinski definition) is 0. The van der Waals surface area contributed by atoms with Gasteiger partial charge in [-0.25, -0.2) is 9.36 Å². The zero-order chi connectivity index (χ0) is 13.2. The molecule has 2 bridgehead atoms. The minimum Gasteiger partial charge on any atom is -0.494 e. The molecule has 0 unspecified atom stereocenters. The second kappa shape index (κ2) is 4.65. The van der Waals surface area contributed by atoms with E-state index < -0.39 is 0 Å². The van der Waals surface area contributed by atoms with Crippen LogP contribution in [0.3, 0.4) is 0 Å². The fourth-order valence-corrected chi connectivity index (χ4v) is 2.12. The van der Waals surface area contributed by atoms with Gasteiger partial charge in [-0.3, -0.25) is 0 Å². The summed E-state index contributed by atoms with van der Waals surface area (Å²) in [7, 11) is 1.58. The molecule has 96 valence electrons. The first kappa shape index (κ1) is 11.6. The zero-order valence-corrected chi connectivity index (χ0v) is 10.5. The Hall–Kier alpha value is -2.49. The van der Waals surface area contributed by atoms with Gasteiger partial charge in [0.15, 0.2) is 0 Å². The maximum atomic E-state index is 12.1. The monoisotopic (exact) mass is 255 g/mol. The van der Waals surface area contributed by atoms with Crippen LogP contribution in [0.4, 0.5) is 4.79 Å². The summed E-state index contributed by atoms with van der Waals surface area (Å²) < 4.78 is 12.0. The van der Waals surface area contributed by atoms with Crippen molar-refractivity contribution in [3.63, 3.8) is 0 Å². The van der Waals surface area contributed by atoms with Crippen molar-refractivity contribution in [1.29, 1.82) is 0 Å². The van der Waals surface area contributed by atoms with Crippen LogP contribution < -0.4 is 4.74 Å². The van der Waals surface area contributed by atoms with Gasteiger partial charge < -0.3 is 9.47 Å². The molecule has 2 heterocycles. The number of rotatable bonds is 3. The lowest BCUT2D eigenvalue weighted by atomic mass is 10.2. The third-order valence-corrected chi connectivity index (χ3v) is 3.05. The van der Waals surface area contributed by atoms with E-state index >= 15 is 0 Å². The first-order valence-corrected chi connectivity index (χ1v) is 5.98. The van der Waals surface area contributed by atoms with Gasteiger partial charge in [0, 0.05) is 6.07 Å². The Morgan fingerprint density at radius 1 is 1.16 bits per heavy atom. The van der Waals surface area contributed by atoms with Crippen LogP contribution in [0.15, 0.2) is 48.5 Å². The molecule has 1 aromatic carbocycles. The summed E-state index contributed by atoms with van der Waals surface area (Å²) in [5.41, 5.74) is 2.48. The minimum atomic E-state index is -0.387. The normalized spacial score (nSPS) is 10.8. The first-order chi connectivity index (χ1) is 9.29. The van der Waals surface area contributed by atoms with E-state index in [1.807, 2.05) is 48.5 Å². The van der Waals surface area contributed by atoms with E-state index in [2.05, 4.69) is 0 Å². The van der Waals surface area contributed by atoms with Crippen LogP contribution in [-0.2, 0) is 11.3 Å². The molecule has 0 saturated heterocycles. The Morgan fingerprint density at radius 2 is 1.95 bits per heavy atom. The second-order valence-corrected chi connectivity index (χ2v) is 4.23. The number of nitrogens with zero attached hydrogens (tertiary/aromatic N) is 1. The predicted molar refractivity (Wildman–Crippen MR) is 71.7 cm³/mol. The maximum absolute atomic E-state index is 12.1. The Morgan fingerprint density at radius 3 is 2.63 bits per heavy atom. The van der Waals surface area contributed by atoms with Crippen molar-refractivity contribution in [2.75, 3.05) is 7.11 Å². The molecule has 3 aromatic rings. The first-order valence-electron chi connectivity index (χ1n) is 5.98. The Bertz CT molecular complexity index is 687. The van der Waals surface area contributed by atoms with Crippen molar-refractivity contribution in [2.24, 2.45) is 0 Å². The van der Waals surface area contributed by atoms with Crippen LogP contribution in [0.2, 0.25) is 0 Å². The van der Waals surface area contributed by atoms with Crippen LogP contribution >= 0.6 is 0 Å². The molecule has 0 radical (unpaired) electrons. The molecule has 0 amide bonds. The van der Waals surface area contributed by atoms with E-state index in [1.54, 1.807) is 7.11 Å². The number of fused-ring (bicyclic) bond motifs is 2. The molecule has 0 saturated carbocycles. The van der Waals surface area contributed by atoms with Crippen LogP contribution in [0, 0.1) is 0 Å². The van der Waals surface area contributed by atoms with E-state index in [1.165, 1.54) is 4.57 Å². The van der Waals surface area contributed by atoms with Crippen LogP contribution in [0.25, 0.3) is 11.0 Å². The van der Waals surface area contributed by atoms with Crippen LogP contribution in [-0.4, -0.2) is 17.8 Å². The summed E-state index contributed by atoms with van der Waals surface area (Å²) in [4.78, 5) is 12.1. The highest BCUT2D eigenvalue weighted by Gasteiger charge is 2.18. The van der Waals surface area contributed by atoms with E-state index in [4.69, 9.17) is 9.47 Å². The SMILES string of the molecule is COc1cc2ccc1n2C(=O)OCc1ccccc1. The lowest BCUT2D eigenvalue weighted by molar-refractivity contribution is 0.143. The fourth-order valence-electron chi connectivity index (χ4n) is 2.12. The molecule has 0 fully saturated rings. The van der Waals surface area contributed by atoms with Crippen molar-refractivity contribution in [3.8, 4) is 5.75 Å². The molecule has 4 heteroatoms. The quantitative estimate of drug-likeness (QED) is 0.721. The van der Waals surface area contributed by atoms with Gasteiger partial charge in [0.25, 0.3) is 0 Å². The van der Waals surface area contributed by atoms with Crippen LogP contribution in [0.5, 0.6) is 5.75 Å². The molecular formula is C15H13NO3. The molecule has 0 aliphatic rings. The van der Waals surface area contributed by atoms with Gasteiger partial charge in [0.05, 0.1) is 18.1 Å². The van der Waals surface area contributed by atoms with Crippen molar-refractivity contribution < 1.29 is 14.3 Å². The molecule has 3 rings (SSSR count). The number of hydrogen-bond acceptors (Lipinski definition) is 3. The highest BCUT2D eigenvalue weighted by atomic mass is 16.5. The van der Waals surface area contributed by atoms with Gasteiger partial charge in [0.1, 0.15) is 12.4 Å². The standard InChI is InChI=1S/C15H13NO3/c1-18-14-9-12-7-8-13(14)16(12)15(17)19-10-11-5-3-2-4-6-11/h2-9H,10H2,1H3. The molecule has 0 N–H and O–H groups in total. The third kappa shape index (κ3) is 2.01. The van der Waals surface area contributed by atoms with E-state index in [-0.39, 0.29) is 12.7 Å². The highest BCUT2D eigenvalue weighted by molar-refractivity contribution is 5.91. The third-order valence-electron chi connectivity index (χ3n) is 3.05. The number of benzene rings is 2. The molecular weight excluding hydrogens is 242 g/mol.